The summed E-state index contributed by atoms with van der Waals surface area (Å²) in [6.45, 7) is 3.44. The molecule has 2 N–H and O–H groups in total. The second-order valence-corrected chi connectivity index (χ2v) is 6.39. The van der Waals surface area contributed by atoms with Gasteiger partial charge in [-0.05, 0) is 47.0 Å². The van der Waals surface area contributed by atoms with Crippen LogP contribution in [-0.2, 0) is 14.8 Å². The molecule has 1 atom stereocenters. The van der Waals surface area contributed by atoms with Gasteiger partial charge in [0.25, 0.3) is 0 Å². The molecule has 0 fully saturated rings. The van der Waals surface area contributed by atoms with Gasteiger partial charge in [0.1, 0.15) is 6.04 Å². The van der Waals surface area contributed by atoms with E-state index >= 15 is 0 Å². The van der Waals surface area contributed by atoms with Crippen LogP contribution in [-0.4, -0.2) is 25.5 Å². The predicted octanol–water partition coefficient (Wildman–Crippen LogP) is 1.90. The van der Waals surface area contributed by atoms with Crippen molar-refractivity contribution in [2.45, 2.75) is 31.2 Å². The quantitative estimate of drug-likeness (QED) is 0.860. The third-order valence-corrected chi connectivity index (χ3v) is 4.83. The van der Waals surface area contributed by atoms with Crippen molar-refractivity contribution in [3.63, 3.8) is 0 Å². The maximum atomic E-state index is 12.0. The van der Waals surface area contributed by atoms with Gasteiger partial charge in [-0.15, -0.1) is 0 Å². The minimum atomic E-state index is -3.84. The maximum absolute atomic E-state index is 12.0. The Hall–Kier alpha value is -0.920. The van der Waals surface area contributed by atoms with Gasteiger partial charge >= 0.3 is 5.97 Å². The highest BCUT2D eigenvalue weighted by atomic mass is 79.9. The molecule has 0 heterocycles. The average Bonchev–Trinajstić information content (AvgIpc) is 2.24. The van der Waals surface area contributed by atoms with Crippen LogP contribution >= 0.6 is 15.9 Å². The molecule has 100 valence electrons. The van der Waals surface area contributed by atoms with E-state index in [1.807, 2.05) is 6.92 Å². The molecule has 5 nitrogen and oxygen atoms in total. The maximum Gasteiger partial charge on any atom is 0.321 e. The minimum Gasteiger partial charge on any atom is -0.480 e. The van der Waals surface area contributed by atoms with Gasteiger partial charge in [-0.3, -0.25) is 4.79 Å². The lowest BCUT2D eigenvalue weighted by atomic mass is 10.2. The van der Waals surface area contributed by atoms with Gasteiger partial charge in [-0.25, -0.2) is 8.42 Å². The van der Waals surface area contributed by atoms with E-state index in [0.29, 0.717) is 4.47 Å². The number of aryl methyl sites for hydroxylation is 1. The van der Waals surface area contributed by atoms with Crippen LogP contribution in [0.15, 0.2) is 27.6 Å². The fourth-order valence-corrected chi connectivity index (χ4v) is 3.85. The lowest BCUT2D eigenvalue weighted by Crippen LogP contribution is -2.40. The summed E-state index contributed by atoms with van der Waals surface area (Å²) in [4.78, 5) is 10.9. The van der Waals surface area contributed by atoms with E-state index < -0.39 is 22.0 Å². The standard InChI is InChI=1S/C11H14BrNO4S/c1-3-9(11(14)15)13-18(16,17)10-5-4-7(2)6-8(10)12/h4-6,9,13H,3H2,1-2H3,(H,14,15). The number of hydrogen-bond donors (Lipinski definition) is 2. The lowest BCUT2D eigenvalue weighted by molar-refractivity contribution is -0.139. The molecule has 0 radical (unpaired) electrons. The Labute approximate surface area is 114 Å². The lowest BCUT2D eigenvalue weighted by Gasteiger charge is -2.14. The van der Waals surface area contributed by atoms with Crippen molar-refractivity contribution in [3.8, 4) is 0 Å². The highest BCUT2D eigenvalue weighted by molar-refractivity contribution is 9.10. The number of benzene rings is 1. The summed E-state index contributed by atoms with van der Waals surface area (Å²) in [5.74, 6) is -1.19. The topological polar surface area (TPSA) is 83.5 Å². The van der Waals surface area contributed by atoms with Crippen LogP contribution in [0.3, 0.4) is 0 Å². The molecule has 1 rings (SSSR count). The Morgan fingerprint density at radius 1 is 1.50 bits per heavy atom. The number of rotatable bonds is 5. The van der Waals surface area contributed by atoms with Gasteiger partial charge in [-0.1, -0.05) is 13.0 Å². The van der Waals surface area contributed by atoms with Crippen molar-refractivity contribution in [1.82, 2.24) is 4.72 Å². The van der Waals surface area contributed by atoms with E-state index in [-0.39, 0.29) is 11.3 Å². The monoisotopic (exact) mass is 335 g/mol. The Morgan fingerprint density at radius 3 is 2.56 bits per heavy atom. The molecule has 1 aromatic carbocycles. The Morgan fingerprint density at radius 2 is 2.11 bits per heavy atom. The number of aliphatic carboxylic acids is 1. The number of nitrogens with one attached hydrogen (secondary N) is 1. The Balaban J connectivity index is 3.10. The number of carboxylic acids is 1. The second-order valence-electron chi connectivity index (χ2n) is 3.85. The summed E-state index contributed by atoms with van der Waals surface area (Å²) in [7, 11) is -3.84. The van der Waals surface area contributed by atoms with E-state index in [1.54, 1.807) is 19.1 Å². The van der Waals surface area contributed by atoms with E-state index in [0.717, 1.165) is 5.56 Å². The van der Waals surface area contributed by atoms with Crippen molar-refractivity contribution in [2.75, 3.05) is 0 Å². The molecule has 0 bridgehead atoms. The van der Waals surface area contributed by atoms with Crippen LogP contribution in [0.4, 0.5) is 0 Å². The molecule has 0 saturated carbocycles. The van der Waals surface area contributed by atoms with Crippen molar-refractivity contribution in [1.29, 1.82) is 0 Å². The fraction of sp³-hybridized carbons (Fsp3) is 0.364. The molecule has 18 heavy (non-hydrogen) atoms. The molecule has 7 heteroatoms. The second kappa shape index (κ2) is 5.81. The van der Waals surface area contributed by atoms with Gasteiger partial charge in [0.15, 0.2) is 0 Å². The molecule has 0 amide bonds. The zero-order valence-electron chi connectivity index (χ0n) is 9.97. The molecule has 0 aliphatic carbocycles. The van der Waals surface area contributed by atoms with Crippen molar-refractivity contribution >= 4 is 31.9 Å². The SMILES string of the molecule is CCC(NS(=O)(=O)c1ccc(C)cc1Br)C(=O)O. The Kier molecular flexibility index (Phi) is 4.89. The molecule has 0 aliphatic heterocycles. The van der Waals surface area contributed by atoms with Crippen LogP contribution in [0, 0.1) is 6.92 Å². The first-order chi connectivity index (χ1) is 8.27. The van der Waals surface area contributed by atoms with Crippen LogP contribution < -0.4 is 4.72 Å². The van der Waals surface area contributed by atoms with Crippen LogP contribution in [0.1, 0.15) is 18.9 Å². The van der Waals surface area contributed by atoms with Crippen LogP contribution in [0.25, 0.3) is 0 Å². The van der Waals surface area contributed by atoms with Crippen LogP contribution in [0.2, 0.25) is 0 Å². The summed E-state index contributed by atoms with van der Waals surface area (Å²) < 4.78 is 26.6. The number of sulfonamides is 1. The predicted molar refractivity (Wildman–Crippen MR) is 70.9 cm³/mol. The van der Waals surface area contributed by atoms with Gasteiger partial charge in [0.2, 0.25) is 10.0 Å². The fourth-order valence-electron chi connectivity index (χ4n) is 1.38. The van der Waals surface area contributed by atoms with Crippen LogP contribution in [0.5, 0.6) is 0 Å². The van der Waals surface area contributed by atoms with Gasteiger partial charge in [-0.2, -0.15) is 4.72 Å². The average molecular weight is 336 g/mol. The largest absolute Gasteiger partial charge is 0.480 e. The van der Waals surface area contributed by atoms with Crippen molar-refractivity contribution < 1.29 is 18.3 Å². The first kappa shape index (κ1) is 15.1. The first-order valence-electron chi connectivity index (χ1n) is 5.29. The van der Waals surface area contributed by atoms with Gasteiger partial charge in [0, 0.05) is 4.47 Å². The smallest absolute Gasteiger partial charge is 0.321 e. The highest BCUT2D eigenvalue weighted by Gasteiger charge is 2.25. The zero-order chi connectivity index (χ0) is 13.9. The zero-order valence-corrected chi connectivity index (χ0v) is 12.4. The minimum absolute atomic E-state index is 0.0350. The molecular formula is C11H14BrNO4S. The number of carbonyl (C=O) groups is 1. The molecule has 0 saturated heterocycles. The number of hydrogen-bond acceptors (Lipinski definition) is 3. The summed E-state index contributed by atoms with van der Waals surface area (Å²) in [6, 6.07) is 3.64. The third-order valence-electron chi connectivity index (χ3n) is 2.38. The van der Waals surface area contributed by atoms with Gasteiger partial charge in [0.05, 0.1) is 4.90 Å². The summed E-state index contributed by atoms with van der Waals surface area (Å²) in [6.07, 6.45) is 0.179. The molecular weight excluding hydrogens is 322 g/mol. The third kappa shape index (κ3) is 3.54. The first-order valence-corrected chi connectivity index (χ1v) is 7.57. The number of carboxylic acid groups (broad SMARTS) is 1. The summed E-state index contributed by atoms with van der Waals surface area (Å²) in [5, 5.41) is 8.86. The van der Waals surface area contributed by atoms with E-state index in [9.17, 15) is 13.2 Å². The Bertz CT molecular complexity index is 556. The van der Waals surface area contributed by atoms with Crippen molar-refractivity contribution in [2.24, 2.45) is 0 Å². The van der Waals surface area contributed by atoms with E-state index in [1.165, 1.54) is 6.07 Å². The summed E-state index contributed by atoms with van der Waals surface area (Å²) in [5.41, 5.74) is 0.908. The van der Waals surface area contributed by atoms with E-state index in [2.05, 4.69) is 20.7 Å². The van der Waals surface area contributed by atoms with E-state index in [4.69, 9.17) is 5.11 Å². The summed E-state index contributed by atoms with van der Waals surface area (Å²) >= 11 is 3.17. The normalized spacial score (nSPS) is 13.3. The molecule has 0 aromatic heterocycles. The molecule has 0 aliphatic rings. The van der Waals surface area contributed by atoms with Gasteiger partial charge < -0.3 is 5.11 Å². The number of halogens is 1. The molecule has 1 aromatic rings. The molecule has 0 spiro atoms. The van der Waals surface area contributed by atoms with Crippen molar-refractivity contribution in [3.05, 3.63) is 28.2 Å². The highest BCUT2D eigenvalue weighted by Crippen LogP contribution is 2.23. The molecule has 1 unspecified atom stereocenters.